The fraction of sp³-hybridized carbons (Fsp3) is 1.00. The lowest BCUT2D eigenvalue weighted by Gasteiger charge is -2.13. The number of hydrogen-bond donors (Lipinski definition) is 1. The van der Waals surface area contributed by atoms with Gasteiger partial charge in [-0.15, -0.1) is 0 Å². The van der Waals surface area contributed by atoms with Crippen molar-refractivity contribution in [3.05, 3.63) is 0 Å². The van der Waals surface area contributed by atoms with E-state index in [0.29, 0.717) is 12.5 Å². The summed E-state index contributed by atoms with van der Waals surface area (Å²) < 4.78 is 0. The molecule has 10 heavy (non-hydrogen) atoms. The van der Waals surface area contributed by atoms with E-state index >= 15 is 0 Å². The average molecular weight is 144 g/mol. The first-order valence-electron chi connectivity index (χ1n) is 4.31. The number of aliphatic hydroxyl groups is 1. The lowest BCUT2D eigenvalue weighted by molar-refractivity contribution is 0.213. The average Bonchev–Trinajstić information content (AvgIpc) is 1.88. The summed E-state index contributed by atoms with van der Waals surface area (Å²) in [6, 6.07) is 0. The Hall–Kier alpha value is -0.0400. The largest absolute Gasteiger partial charge is 0.396 e. The molecular weight excluding hydrogens is 124 g/mol. The van der Waals surface area contributed by atoms with Gasteiger partial charge in [0, 0.05) is 6.61 Å². The van der Waals surface area contributed by atoms with Gasteiger partial charge >= 0.3 is 0 Å². The quantitative estimate of drug-likeness (QED) is 0.628. The molecule has 0 aromatic heterocycles. The summed E-state index contributed by atoms with van der Waals surface area (Å²) in [6.45, 7) is 6.91. The number of rotatable bonds is 5. The molecule has 0 amide bonds. The summed E-state index contributed by atoms with van der Waals surface area (Å²) >= 11 is 0. The molecule has 1 nitrogen and oxygen atoms in total. The molecule has 0 rings (SSSR count). The Morgan fingerprint density at radius 2 is 1.80 bits per heavy atom. The van der Waals surface area contributed by atoms with E-state index in [9.17, 15) is 0 Å². The second-order valence-electron chi connectivity index (χ2n) is 3.42. The maximum absolute atomic E-state index is 8.75. The van der Waals surface area contributed by atoms with E-state index in [4.69, 9.17) is 5.11 Å². The van der Waals surface area contributed by atoms with Gasteiger partial charge in [-0.1, -0.05) is 33.6 Å². The molecule has 0 aliphatic carbocycles. The molecule has 0 saturated heterocycles. The van der Waals surface area contributed by atoms with Crippen molar-refractivity contribution in [2.45, 2.75) is 40.0 Å². The van der Waals surface area contributed by atoms with Gasteiger partial charge in [0.05, 0.1) is 0 Å². The van der Waals surface area contributed by atoms with Crippen molar-refractivity contribution in [3.63, 3.8) is 0 Å². The van der Waals surface area contributed by atoms with Crippen molar-refractivity contribution < 1.29 is 5.11 Å². The minimum Gasteiger partial charge on any atom is -0.396 e. The van der Waals surface area contributed by atoms with Crippen LogP contribution in [0.25, 0.3) is 0 Å². The number of hydrogen-bond acceptors (Lipinski definition) is 1. The van der Waals surface area contributed by atoms with Gasteiger partial charge in [-0.25, -0.2) is 0 Å². The predicted octanol–water partition coefficient (Wildman–Crippen LogP) is 2.44. The SMILES string of the molecule is CCC[C@H](C)C[C@H](C)CO. The number of aliphatic hydroxyl groups excluding tert-OH is 1. The summed E-state index contributed by atoms with van der Waals surface area (Å²) in [7, 11) is 0. The van der Waals surface area contributed by atoms with Crippen molar-refractivity contribution in [1.29, 1.82) is 0 Å². The molecule has 0 aliphatic heterocycles. The standard InChI is InChI=1S/C9H20O/c1-4-5-8(2)6-9(3)7-10/h8-10H,4-7H2,1-3H3/t8-,9-/m0/s1. The summed E-state index contributed by atoms with van der Waals surface area (Å²) in [5, 5.41) is 8.75. The highest BCUT2D eigenvalue weighted by Gasteiger charge is 2.05. The Morgan fingerprint density at radius 1 is 1.20 bits per heavy atom. The van der Waals surface area contributed by atoms with Crippen LogP contribution < -0.4 is 0 Å². The zero-order valence-electron chi connectivity index (χ0n) is 7.43. The molecule has 2 atom stereocenters. The second-order valence-corrected chi connectivity index (χ2v) is 3.42. The zero-order chi connectivity index (χ0) is 7.98. The maximum atomic E-state index is 8.75. The first-order valence-corrected chi connectivity index (χ1v) is 4.31. The molecule has 62 valence electrons. The third-order valence-electron chi connectivity index (χ3n) is 1.90. The Balaban J connectivity index is 3.27. The molecule has 0 bridgehead atoms. The lowest BCUT2D eigenvalue weighted by atomic mass is 9.94. The minimum atomic E-state index is 0.341. The predicted molar refractivity (Wildman–Crippen MR) is 44.9 cm³/mol. The fourth-order valence-corrected chi connectivity index (χ4v) is 1.37. The van der Waals surface area contributed by atoms with E-state index in [1.54, 1.807) is 0 Å². The van der Waals surface area contributed by atoms with Gasteiger partial charge in [0.1, 0.15) is 0 Å². The monoisotopic (exact) mass is 144 g/mol. The highest BCUT2D eigenvalue weighted by molar-refractivity contribution is 4.57. The third kappa shape index (κ3) is 4.80. The van der Waals surface area contributed by atoms with Crippen LogP contribution >= 0.6 is 0 Å². The Kier molecular flexibility index (Phi) is 5.70. The molecule has 1 N–H and O–H groups in total. The van der Waals surface area contributed by atoms with E-state index in [2.05, 4.69) is 20.8 Å². The Morgan fingerprint density at radius 3 is 2.20 bits per heavy atom. The summed E-state index contributed by atoms with van der Waals surface area (Å²) in [4.78, 5) is 0. The normalized spacial score (nSPS) is 16.8. The maximum Gasteiger partial charge on any atom is 0.0456 e. The Labute approximate surface area is 64.5 Å². The molecule has 0 unspecified atom stereocenters. The van der Waals surface area contributed by atoms with Gasteiger partial charge in [-0.05, 0) is 18.3 Å². The van der Waals surface area contributed by atoms with Crippen LogP contribution in [0.15, 0.2) is 0 Å². The first-order chi connectivity index (χ1) is 4.70. The van der Waals surface area contributed by atoms with Crippen molar-refractivity contribution in [2.24, 2.45) is 11.8 Å². The molecule has 1 heteroatoms. The highest BCUT2D eigenvalue weighted by Crippen LogP contribution is 2.15. The van der Waals surface area contributed by atoms with E-state index in [-0.39, 0.29) is 0 Å². The van der Waals surface area contributed by atoms with Gasteiger partial charge < -0.3 is 5.11 Å². The molecule has 0 aromatic carbocycles. The summed E-state index contributed by atoms with van der Waals surface area (Å²) in [5.41, 5.74) is 0. The molecule has 0 aromatic rings. The van der Waals surface area contributed by atoms with Crippen molar-refractivity contribution >= 4 is 0 Å². The third-order valence-corrected chi connectivity index (χ3v) is 1.90. The van der Waals surface area contributed by atoms with E-state index in [1.807, 2.05) is 0 Å². The molecule has 0 heterocycles. The smallest absolute Gasteiger partial charge is 0.0456 e. The van der Waals surface area contributed by atoms with Gasteiger partial charge in [0.2, 0.25) is 0 Å². The summed E-state index contributed by atoms with van der Waals surface area (Å²) in [5.74, 6) is 1.27. The van der Waals surface area contributed by atoms with Crippen LogP contribution in [0.2, 0.25) is 0 Å². The van der Waals surface area contributed by atoms with Crippen LogP contribution in [0.3, 0.4) is 0 Å². The van der Waals surface area contributed by atoms with Gasteiger partial charge in [-0.2, -0.15) is 0 Å². The van der Waals surface area contributed by atoms with E-state index in [1.165, 1.54) is 19.3 Å². The van der Waals surface area contributed by atoms with Crippen LogP contribution in [0.1, 0.15) is 40.0 Å². The molecular formula is C9H20O. The van der Waals surface area contributed by atoms with Crippen LogP contribution in [0.5, 0.6) is 0 Å². The van der Waals surface area contributed by atoms with Crippen LogP contribution in [0.4, 0.5) is 0 Å². The molecule has 0 spiro atoms. The van der Waals surface area contributed by atoms with Crippen molar-refractivity contribution in [2.75, 3.05) is 6.61 Å². The van der Waals surface area contributed by atoms with Gasteiger partial charge in [0.25, 0.3) is 0 Å². The molecule has 0 aliphatic rings. The Bertz CT molecular complexity index is 71.1. The second kappa shape index (κ2) is 5.72. The highest BCUT2D eigenvalue weighted by atomic mass is 16.3. The topological polar surface area (TPSA) is 20.2 Å². The van der Waals surface area contributed by atoms with E-state index < -0.39 is 0 Å². The van der Waals surface area contributed by atoms with Crippen LogP contribution in [0, 0.1) is 11.8 Å². The van der Waals surface area contributed by atoms with Crippen LogP contribution in [-0.4, -0.2) is 11.7 Å². The fourth-order valence-electron chi connectivity index (χ4n) is 1.37. The first kappa shape index (κ1) is 9.96. The minimum absolute atomic E-state index is 0.341. The lowest BCUT2D eigenvalue weighted by Crippen LogP contribution is -2.06. The van der Waals surface area contributed by atoms with Crippen molar-refractivity contribution in [3.8, 4) is 0 Å². The van der Waals surface area contributed by atoms with Gasteiger partial charge in [-0.3, -0.25) is 0 Å². The molecule has 0 radical (unpaired) electrons. The van der Waals surface area contributed by atoms with E-state index in [0.717, 1.165) is 5.92 Å². The van der Waals surface area contributed by atoms with Crippen LogP contribution in [-0.2, 0) is 0 Å². The van der Waals surface area contributed by atoms with Gasteiger partial charge in [0.15, 0.2) is 0 Å². The summed E-state index contributed by atoms with van der Waals surface area (Å²) in [6.07, 6.45) is 3.73. The zero-order valence-corrected chi connectivity index (χ0v) is 7.43. The van der Waals surface area contributed by atoms with Crippen molar-refractivity contribution in [1.82, 2.24) is 0 Å². The molecule has 0 fully saturated rings. The molecule has 0 saturated carbocycles.